The average molecular weight is 457 g/mol. The molecule has 8 heteroatoms. The number of amides is 3. The van der Waals surface area contributed by atoms with Crippen LogP contribution in [0.4, 0.5) is 5.69 Å². The van der Waals surface area contributed by atoms with E-state index >= 15 is 0 Å². The summed E-state index contributed by atoms with van der Waals surface area (Å²) >= 11 is 0. The van der Waals surface area contributed by atoms with Gasteiger partial charge < -0.3 is 24.8 Å². The molecule has 0 unspecified atom stereocenters. The van der Waals surface area contributed by atoms with Crippen molar-refractivity contribution in [2.75, 3.05) is 51.0 Å². The molecule has 1 aliphatic carbocycles. The standard InChI is InChI=1S/C25H36N4O4/c1-2-33-17-7-14-26-22(30)18-28-19-29(21-10-4-3-5-11-21)25(24(28)32)12-15-27(16-13-25)23(31)20-8-6-9-20/h3-5,10-11,20H,2,6-9,12-19H2,1H3,(H,26,30). The van der Waals surface area contributed by atoms with Gasteiger partial charge in [-0.15, -0.1) is 0 Å². The lowest BCUT2D eigenvalue weighted by Gasteiger charge is -2.44. The van der Waals surface area contributed by atoms with Gasteiger partial charge in [0, 0.05) is 44.5 Å². The van der Waals surface area contributed by atoms with Crippen molar-refractivity contribution in [2.24, 2.45) is 5.92 Å². The minimum Gasteiger partial charge on any atom is -0.382 e. The third-order valence-electron chi connectivity index (χ3n) is 7.26. The van der Waals surface area contributed by atoms with Gasteiger partial charge in [0.15, 0.2) is 0 Å². The first-order valence-corrected chi connectivity index (χ1v) is 12.3. The Balaban J connectivity index is 1.42. The van der Waals surface area contributed by atoms with E-state index < -0.39 is 5.54 Å². The van der Waals surface area contributed by atoms with Crippen LogP contribution in [-0.4, -0.2) is 79.1 Å². The van der Waals surface area contributed by atoms with Crippen molar-refractivity contribution in [1.82, 2.24) is 15.1 Å². The van der Waals surface area contributed by atoms with Crippen molar-refractivity contribution in [3.8, 4) is 0 Å². The van der Waals surface area contributed by atoms with E-state index in [4.69, 9.17) is 4.74 Å². The van der Waals surface area contributed by atoms with E-state index in [0.29, 0.717) is 52.4 Å². The quantitative estimate of drug-likeness (QED) is 0.575. The maximum Gasteiger partial charge on any atom is 0.250 e. The second-order valence-corrected chi connectivity index (χ2v) is 9.29. The summed E-state index contributed by atoms with van der Waals surface area (Å²) < 4.78 is 5.30. The van der Waals surface area contributed by atoms with E-state index in [1.54, 1.807) is 4.90 Å². The van der Waals surface area contributed by atoms with Gasteiger partial charge in [-0.25, -0.2) is 0 Å². The highest BCUT2D eigenvalue weighted by Gasteiger charge is 2.54. The van der Waals surface area contributed by atoms with Crippen LogP contribution < -0.4 is 10.2 Å². The summed E-state index contributed by atoms with van der Waals surface area (Å²) in [4.78, 5) is 44.7. The summed E-state index contributed by atoms with van der Waals surface area (Å²) in [6.07, 6.45) is 5.04. The van der Waals surface area contributed by atoms with Crippen molar-refractivity contribution in [3.05, 3.63) is 30.3 Å². The number of hydrogen-bond acceptors (Lipinski definition) is 5. The number of ether oxygens (including phenoxy) is 1. The molecule has 3 amide bonds. The minimum absolute atomic E-state index is 0.00781. The Labute approximate surface area is 196 Å². The Hall–Kier alpha value is -2.61. The molecule has 0 radical (unpaired) electrons. The number of piperidine rings is 1. The first-order valence-electron chi connectivity index (χ1n) is 12.3. The zero-order valence-corrected chi connectivity index (χ0v) is 19.6. The molecule has 3 aliphatic rings. The number of nitrogens with one attached hydrogen (secondary N) is 1. The van der Waals surface area contributed by atoms with Gasteiger partial charge in [0.05, 0.1) is 6.67 Å². The van der Waals surface area contributed by atoms with Crippen molar-refractivity contribution in [2.45, 2.75) is 51.0 Å². The molecule has 180 valence electrons. The van der Waals surface area contributed by atoms with Gasteiger partial charge in [-0.05, 0) is 51.2 Å². The summed E-state index contributed by atoms with van der Waals surface area (Å²) in [7, 11) is 0. The van der Waals surface area contributed by atoms with Crippen LogP contribution in [0, 0.1) is 5.92 Å². The number of benzene rings is 1. The third-order valence-corrected chi connectivity index (χ3v) is 7.26. The zero-order chi connectivity index (χ0) is 23.3. The van der Waals surface area contributed by atoms with Gasteiger partial charge in [0.25, 0.3) is 5.91 Å². The molecule has 0 aromatic heterocycles. The highest BCUT2D eigenvalue weighted by atomic mass is 16.5. The molecule has 2 aliphatic heterocycles. The number of anilines is 1. The second-order valence-electron chi connectivity index (χ2n) is 9.29. The van der Waals surface area contributed by atoms with Gasteiger partial charge in [-0.2, -0.15) is 0 Å². The molecule has 3 fully saturated rings. The molecule has 8 nitrogen and oxygen atoms in total. The Morgan fingerprint density at radius 2 is 1.88 bits per heavy atom. The van der Waals surface area contributed by atoms with Gasteiger partial charge in [-0.1, -0.05) is 24.6 Å². The van der Waals surface area contributed by atoms with E-state index in [-0.39, 0.29) is 30.2 Å². The normalized spacial score (nSPS) is 20.3. The molecule has 1 saturated carbocycles. The molecule has 1 N–H and O–H groups in total. The highest BCUT2D eigenvalue weighted by Crippen LogP contribution is 2.40. The fourth-order valence-electron chi connectivity index (χ4n) is 5.11. The zero-order valence-electron chi connectivity index (χ0n) is 19.6. The molecule has 2 heterocycles. The van der Waals surface area contributed by atoms with Crippen molar-refractivity contribution in [1.29, 1.82) is 0 Å². The van der Waals surface area contributed by atoms with Crippen molar-refractivity contribution < 1.29 is 19.1 Å². The average Bonchev–Trinajstić information content (AvgIpc) is 3.05. The van der Waals surface area contributed by atoms with Crippen LogP contribution >= 0.6 is 0 Å². The van der Waals surface area contributed by atoms with E-state index in [1.165, 1.54) is 0 Å². The van der Waals surface area contributed by atoms with Crippen LogP contribution in [0.5, 0.6) is 0 Å². The lowest BCUT2D eigenvalue weighted by molar-refractivity contribution is -0.143. The van der Waals surface area contributed by atoms with Gasteiger partial charge in [0.2, 0.25) is 11.8 Å². The maximum atomic E-state index is 13.7. The molecule has 0 atom stereocenters. The molecular formula is C25H36N4O4. The molecule has 1 aromatic rings. The van der Waals surface area contributed by atoms with E-state index in [0.717, 1.165) is 31.4 Å². The van der Waals surface area contributed by atoms with E-state index in [1.807, 2.05) is 42.2 Å². The summed E-state index contributed by atoms with van der Waals surface area (Å²) in [6.45, 7) is 5.35. The monoisotopic (exact) mass is 456 g/mol. The van der Waals surface area contributed by atoms with E-state index in [2.05, 4.69) is 10.2 Å². The van der Waals surface area contributed by atoms with Crippen LogP contribution in [0.2, 0.25) is 0 Å². The number of likely N-dealkylation sites (tertiary alicyclic amines) is 1. The lowest BCUT2D eigenvalue weighted by Crippen LogP contribution is -2.58. The number of carbonyl (C=O) groups excluding carboxylic acids is 3. The fraction of sp³-hybridized carbons (Fsp3) is 0.640. The number of hydrogen-bond donors (Lipinski definition) is 1. The summed E-state index contributed by atoms with van der Waals surface area (Å²) in [6, 6.07) is 9.92. The van der Waals surface area contributed by atoms with Crippen LogP contribution in [0.1, 0.15) is 45.4 Å². The first kappa shape index (κ1) is 23.5. The molecule has 2 saturated heterocycles. The van der Waals surface area contributed by atoms with Crippen molar-refractivity contribution >= 4 is 23.4 Å². The summed E-state index contributed by atoms with van der Waals surface area (Å²) in [5.74, 6) is 0.261. The van der Waals surface area contributed by atoms with Crippen LogP contribution in [0.15, 0.2) is 30.3 Å². The first-order chi connectivity index (χ1) is 16.0. The molecule has 4 rings (SSSR count). The summed E-state index contributed by atoms with van der Waals surface area (Å²) in [5.41, 5.74) is 0.275. The molecule has 33 heavy (non-hydrogen) atoms. The number of rotatable bonds is 9. The Morgan fingerprint density at radius 1 is 1.15 bits per heavy atom. The predicted octanol–water partition coefficient (Wildman–Crippen LogP) is 2.00. The van der Waals surface area contributed by atoms with Crippen LogP contribution in [-0.2, 0) is 19.1 Å². The van der Waals surface area contributed by atoms with Crippen LogP contribution in [0.25, 0.3) is 0 Å². The Bertz CT molecular complexity index is 834. The number of carbonyl (C=O) groups is 3. The molecule has 1 aromatic carbocycles. The highest BCUT2D eigenvalue weighted by molar-refractivity contribution is 5.96. The Kier molecular flexibility index (Phi) is 7.53. The predicted molar refractivity (Wildman–Crippen MR) is 126 cm³/mol. The SMILES string of the molecule is CCOCCCNC(=O)CN1CN(c2ccccc2)C2(CCN(C(=O)C3CCC3)CC2)C1=O. The van der Waals surface area contributed by atoms with Crippen molar-refractivity contribution in [3.63, 3.8) is 0 Å². The number of nitrogens with zero attached hydrogens (tertiary/aromatic N) is 3. The largest absolute Gasteiger partial charge is 0.382 e. The molecular weight excluding hydrogens is 420 g/mol. The fourth-order valence-corrected chi connectivity index (χ4v) is 5.11. The Morgan fingerprint density at radius 3 is 2.52 bits per heavy atom. The summed E-state index contributed by atoms with van der Waals surface area (Å²) in [5, 5.41) is 2.90. The third kappa shape index (κ3) is 5.00. The van der Waals surface area contributed by atoms with E-state index in [9.17, 15) is 14.4 Å². The van der Waals surface area contributed by atoms with Gasteiger partial charge >= 0.3 is 0 Å². The number of para-hydroxylation sites is 1. The maximum absolute atomic E-state index is 13.7. The minimum atomic E-state index is -0.701. The topological polar surface area (TPSA) is 82.2 Å². The van der Waals surface area contributed by atoms with Gasteiger partial charge in [-0.3, -0.25) is 14.4 Å². The molecule has 1 spiro atoms. The molecule has 0 bridgehead atoms. The van der Waals surface area contributed by atoms with Crippen LogP contribution in [0.3, 0.4) is 0 Å². The van der Waals surface area contributed by atoms with Gasteiger partial charge in [0.1, 0.15) is 12.1 Å². The smallest absolute Gasteiger partial charge is 0.250 e. The second kappa shape index (κ2) is 10.5. The lowest BCUT2D eigenvalue weighted by atomic mass is 9.81.